The summed E-state index contributed by atoms with van der Waals surface area (Å²) in [7, 11) is 4.04. The van der Waals surface area contributed by atoms with Crippen molar-refractivity contribution < 1.29 is 0 Å². The molecule has 1 unspecified atom stereocenters. The molecule has 0 saturated carbocycles. The smallest absolute Gasteiger partial charge is 0.190 e. The van der Waals surface area contributed by atoms with Gasteiger partial charge in [-0.15, -0.1) is 0 Å². The number of rotatable bonds is 6. The summed E-state index contributed by atoms with van der Waals surface area (Å²) in [5, 5.41) is 6.78. The Morgan fingerprint density at radius 2 is 1.65 bits per heavy atom. The van der Waals surface area contributed by atoms with Crippen molar-refractivity contribution in [3.8, 4) is 0 Å². The first kappa shape index (κ1) is 17.2. The highest BCUT2D eigenvalue weighted by atomic mass is 15.2. The lowest BCUT2D eigenvalue weighted by atomic mass is 10.1. The third-order valence-corrected chi connectivity index (χ3v) is 3.69. The standard InChI is InChI=1S/C15H33N5/c1-13(2)10-17-15(16-4)18-11-14(3)12-20-8-6-19(5)7-9-20/h13-14H,6-12H2,1-5H3,(H2,16,17,18). The van der Waals surface area contributed by atoms with E-state index in [4.69, 9.17) is 0 Å². The van der Waals surface area contributed by atoms with Gasteiger partial charge in [-0.2, -0.15) is 0 Å². The summed E-state index contributed by atoms with van der Waals surface area (Å²) >= 11 is 0. The Labute approximate surface area is 124 Å². The lowest BCUT2D eigenvalue weighted by Gasteiger charge is -2.34. The van der Waals surface area contributed by atoms with Crippen molar-refractivity contribution in [2.45, 2.75) is 20.8 Å². The normalized spacial score (nSPS) is 20.2. The molecule has 118 valence electrons. The molecule has 0 aromatic carbocycles. The van der Waals surface area contributed by atoms with Crippen LogP contribution in [0.1, 0.15) is 20.8 Å². The summed E-state index contributed by atoms with van der Waals surface area (Å²) in [6.07, 6.45) is 0. The Bertz CT molecular complexity index is 282. The molecule has 0 aromatic rings. The number of nitrogens with one attached hydrogen (secondary N) is 2. The van der Waals surface area contributed by atoms with E-state index in [0.717, 1.165) is 19.0 Å². The first-order valence-electron chi connectivity index (χ1n) is 7.86. The van der Waals surface area contributed by atoms with Crippen molar-refractivity contribution in [2.24, 2.45) is 16.8 Å². The number of aliphatic imine (C=N–C) groups is 1. The molecule has 0 spiro atoms. The van der Waals surface area contributed by atoms with Crippen molar-refractivity contribution in [1.29, 1.82) is 0 Å². The van der Waals surface area contributed by atoms with Crippen molar-refractivity contribution in [1.82, 2.24) is 20.4 Å². The molecule has 0 radical (unpaired) electrons. The summed E-state index contributed by atoms with van der Waals surface area (Å²) in [4.78, 5) is 9.23. The second-order valence-corrected chi connectivity index (χ2v) is 6.44. The summed E-state index contributed by atoms with van der Waals surface area (Å²) in [6, 6.07) is 0. The van der Waals surface area contributed by atoms with Crippen LogP contribution in [0.25, 0.3) is 0 Å². The fraction of sp³-hybridized carbons (Fsp3) is 0.933. The Morgan fingerprint density at radius 3 is 2.20 bits per heavy atom. The highest BCUT2D eigenvalue weighted by Gasteiger charge is 2.16. The minimum absolute atomic E-state index is 0.635. The Hall–Kier alpha value is -0.810. The maximum Gasteiger partial charge on any atom is 0.190 e. The second kappa shape index (κ2) is 9.19. The van der Waals surface area contributed by atoms with Gasteiger partial charge in [0.1, 0.15) is 0 Å². The van der Waals surface area contributed by atoms with Gasteiger partial charge in [-0.25, -0.2) is 0 Å². The number of hydrogen-bond acceptors (Lipinski definition) is 3. The van der Waals surface area contributed by atoms with Crippen LogP contribution in [0.2, 0.25) is 0 Å². The molecule has 1 heterocycles. The van der Waals surface area contributed by atoms with Crippen molar-refractivity contribution in [2.75, 3.05) is 59.9 Å². The molecule has 5 nitrogen and oxygen atoms in total. The Morgan fingerprint density at radius 1 is 1.05 bits per heavy atom. The van der Waals surface area contributed by atoms with Gasteiger partial charge in [0, 0.05) is 52.9 Å². The SMILES string of the molecule is CN=C(NCC(C)C)NCC(C)CN1CCN(C)CC1. The molecule has 1 atom stereocenters. The number of likely N-dealkylation sites (N-methyl/N-ethyl adjacent to an activating group) is 1. The topological polar surface area (TPSA) is 42.9 Å². The zero-order valence-electron chi connectivity index (χ0n) is 13.9. The highest BCUT2D eigenvalue weighted by Crippen LogP contribution is 2.03. The minimum atomic E-state index is 0.635. The van der Waals surface area contributed by atoms with Crippen molar-refractivity contribution in [3.05, 3.63) is 0 Å². The van der Waals surface area contributed by atoms with Crippen LogP contribution in [-0.2, 0) is 0 Å². The molecule has 0 bridgehead atoms. The van der Waals surface area contributed by atoms with E-state index < -0.39 is 0 Å². The molecule has 0 amide bonds. The lowest BCUT2D eigenvalue weighted by molar-refractivity contribution is 0.139. The van der Waals surface area contributed by atoms with E-state index in [9.17, 15) is 0 Å². The number of nitrogens with zero attached hydrogens (tertiary/aromatic N) is 3. The van der Waals surface area contributed by atoms with E-state index in [1.54, 1.807) is 0 Å². The molecule has 0 aromatic heterocycles. The fourth-order valence-electron chi connectivity index (χ4n) is 2.33. The summed E-state index contributed by atoms with van der Waals surface area (Å²) in [6.45, 7) is 14.6. The molecule has 2 N–H and O–H groups in total. The number of hydrogen-bond donors (Lipinski definition) is 2. The predicted octanol–water partition coefficient (Wildman–Crippen LogP) is 0.691. The van der Waals surface area contributed by atoms with Crippen LogP contribution in [0.3, 0.4) is 0 Å². The van der Waals surface area contributed by atoms with E-state index in [2.05, 4.69) is 53.2 Å². The molecule has 20 heavy (non-hydrogen) atoms. The summed E-state index contributed by atoms with van der Waals surface area (Å²) in [5.41, 5.74) is 0. The van der Waals surface area contributed by atoms with E-state index in [1.165, 1.54) is 32.7 Å². The van der Waals surface area contributed by atoms with Gasteiger partial charge in [0.25, 0.3) is 0 Å². The molecule has 1 rings (SSSR count). The third kappa shape index (κ3) is 7.10. The Balaban J connectivity index is 2.19. The van der Waals surface area contributed by atoms with E-state index in [0.29, 0.717) is 11.8 Å². The summed E-state index contributed by atoms with van der Waals surface area (Å²) in [5.74, 6) is 2.19. The summed E-state index contributed by atoms with van der Waals surface area (Å²) < 4.78 is 0. The quantitative estimate of drug-likeness (QED) is 0.556. The predicted molar refractivity (Wildman–Crippen MR) is 87.3 cm³/mol. The molecule has 1 fully saturated rings. The van der Waals surface area contributed by atoms with Gasteiger partial charge in [-0.3, -0.25) is 4.99 Å². The minimum Gasteiger partial charge on any atom is -0.356 e. The van der Waals surface area contributed by atoms with Gasteiger partial charge in [-0.1, -0.05) is 20.8 Å². The van der Waals surface area contributed by atoms with Crippen LogP contribution in [-0.4, -0.2) is 75.7 Å². The molecule has 1 aliphatic heterocycles. The van der Waals surface area contributed by atoms with E-state index in [-0.39, 0.29) is 0 Å². The fourth-order valence-corrected chi connectivity index (χ4v) is 2.33. The largest absolute Gasteiger partial charge is 0.356 e. The van der Waals surface area contributed by atoms with Crippen molar-refractivity contribution >= 4 is 5.96 Å². The van der Waals surface area contributed by atoms with Crippen LogP contribution in [0, 0.1) is 11.8 Å². The van der Waals surface area contributed by atoms with E-state index >= 15 is 0 Å². The molecule has 1 saturated heterocycles. The maximum atomic E-state index is 4.26. The van der Waals surface area contributed by atoms with Crippen LogP contribution in [0.4, 0.5) is 0 Å². The molecule has 1 aliphatic rings. The average Bonchev–Trinajstić information content (AvgIpc) is 2.41. The lowest BCUT2D eigenvalue weighted by Crippen LogP contribution is -2.47. The highest BCUT2D eigenvalue weighted by molar-refractivity contribution is 5.79. The first-order chi connectivity index (χ1) is 9.51. The molecule has 0 aliphatic carbocycles. The maximum absolute atomic E-state index is 4.26. The van der Waals surface area contributed by atoms with Gasteiger partial charge in [0.05, 0.1) is 0 Å². The van der Waals surface area contributed by atoms with Crippen LogP contribution in [0.15, 0.2) is 4.99 Å². The average molecular weight is 283 g/mol. The van der Waals surface area contributed by atoms with Crippen molar-refractivity contribution in [3.63, 3.8) is 0 Å². The molecular weight excluding hydrogens is 250 g/mol. The van der Waals surface area contributed by atoms with Crippen LogP contribution >= 0.6 is 0 Å². The number of guanidine groups is 1. The zero-order chi connectivity index (χ0) is 15.0. The molecule has 5 heteroatoms. The second-order valence-electron chi connectivity index (χ2n) is 6.44. The van der Waals surface area contributed by atoms with Gasteiger partial charge in [0.15, 0.2) is 5.96 Å². The van der Waals surface area contributed by atoms with Gasteiger partial charge in [0.2, 0.25) is 0 Å². The third-order valence-electron chi connectivity index (χ3n) is 3.69. The zero-order valence-corrected chi connectivity index (χ0v) is 13.9. The first-order valence-corrected chi connectivity index (χ1v) is 7.86. The van der Waals surface area contributed by atoms with Crippen LogP contribution < -0.4 is 10.6 Å². The monoisotopic (exact) mass is 283 g/mol. The van der Waals surface area contributed by atoms with Gasteiger partial charge >= 0.3 is 0 Å². The van der Waals surface area contributed by atoms with Crippen LogP contribution in [0.5, 0.6) is 0 Å². The molecular formula is C15H33N5. The number of piperazine rings is 1. The van der Waals surface area contributed by atoms with Gasteiger partial charge < -0.3 is 20.4 Å². The van der Waals surface area contributed by atoms with E-state index in [1.807, 2.05) is 7.05 Å². The van der Waals surface area contributed by atoms with Gasteiger partial charge in [-0.05, 0) is 18.9 Å². The Kier molecular flexibility index (Phi) is 7.92.